The highest BCUT2D eigenvalue weighted by Crippen LogP contribution is 2.42. The number of nitrogens with one attached hydrogen (secondary N) is 1. The molecule has 4 heterocycles. The zero-order chi connectivity index (χ0) is 20.9. The fourth-order valence-electron chi connectivity index (χ4n) is 4.70. The van der Waals surface area contributed by atoms with Gasteiger partial charge in [-0.25, -0.2) is 9.97 Å². The van der Waals surface area contributed by atoms with Crippen LogP contribution in [0.5, 0.6) is 0 Å². The number of likely N-dealkylation sites (tertiary alicyclic amines) is 1. The Kier molecular flexibility index (Phi) is 4.07. The normalized spacial score (nSPS) is 17.2. The van der Waals surface area contributed by atoms with Crippen molar-refractivity contribution in [1.82, 2.24) is 25.1 Å². The second-order valence-corrected chi connectivity index (χ2v) is 8.23. The summed E-state index contributed by atoms with van der Waals surface area (Å²) in [5.41, 5.74) is 4.07. The first-order valence-electron chi connectivity index (χ1n) is 9.89. The summed E-state index contributed by atoms with van der Waals surface area (Å²) in [4.78, 5) is 24.7. The van der Waals surface area contributed by atoms with Crippen molar-refractivity contribution in [2.45, 2.75) is 13.3 Å². The molecule has 150 valence electrons. The number of fused-ring (bicyclic) bond motifs is 1. The van der Waals surface area contributed by atoms with Gasteiger partial charge in [-0.05, 0) is 37.1 Å². The lowest BCUT2D eigenvalue weighted by molar-refractivity contribution is -0.136. The van der Waals surface area contributed by atoms with Crippen LogP contribution >= 0.6 is 0 Å². The lowest BCUT2D eigenvalue weighted by Crippen LogP contribution is -2.59. The van der Waals surface area contributed by atoms with Gasteiger partial charge in [0.15, 0.2) is 5.82 Å². The number of carbonyl (C=O) groups excluding carboxylic acids is 1. The van der Waals surface area contributed by atoms with E-state index < -0.39 is 0 Å². The minimum Gasteiger partial charge on any atom is -0.355 e. The molecule has 1 amide bonds. The highest BCUT2D eigenvalue weighted by molar-refractivity contribution is 5.88. The lowest BCUT2D eigenvalue weighted by Gasteiger charge is -2.47. The molecule has 2 saturated heterocycles. The van der Waals surface area contributed by atoms with Crippen molar-refractivity contribution in [3.05, 3.63) is 48.4 Å². The van der Waals surface area contributed by atoms with Gasteiger partial charge in [0.2, 0.25) is 5.91 Å². The number of rotatable bonds is 3. The van der Waals surface area contributed by atoms with Gasteiger partial charge < -0.3 is 9.80 Å². The molecule has 0 aliphatic carbocycles. The van der Waals surface area contributed by atoms with Gasteiger partial charge in [0, 0.05) is 42.5 Å². The van der Waals surface area contributed by atoms with Crippen molar-refractivity contribution >= 4 is 22.6 Å². The molecule has 2 aliphatic heterocycles. The maximum Gasteiger partial charge on any atom is 0.245 e. The fourth-order valence-corrected chi connectivity index (χ4v) is 4.70. The maximum absolute atomic E-state index is 11.8. The average molecular weight is 399 g/mol. The first-order chi connectivity index (χ1) is 14.5. The number of aromatic nitrogens is 4. The van der Waals surface area contributed by atoms with Gasteiger partial charge in [0.1, 0.15) is 18.0 Å². The molecule has 2 aromatic heterocycles. The molecule has 2 fully saturated rings. The Morgan fingerprint density at radius 3 is 2.93 bits per heavy atom. The quantitative estimate of drug-likeness (QED) is 0.679. The van der Waals surface area contributed by atoms with E-state index in [0.717, 1.165) is 54.6 Å². The number of amides is 1. The van der Waals surface area contributed by atoms with E-state index in [1.807, 2.05) is 24.0 Å². The second kappa shape index (κ2) is 6.66. The number of H-pyrrole nitrogens is 1. The average Bonchev–Trinajstić information content (AvgIpc) is 3.37. The van der Waals surface area contributed by atoms with Crippen molar-refractivity contribution in [3.8, 4) is 17.3 Å². The summed E-state index contributed by atoms with van der Waals surface area (Å²) in [5.74, 6) is 0.644. The SMILES string of the molecule is C=CC(=O)N1CC2(CCN(c3ncnc(-c4cc5cn[nH]c5cc4C)c3C#N)C2)C1. The Bertz CT molecular complexity index is 1220. The first kappa shape index (κ1) is 18.3. The fraction of sp³-hybridized carbons (Fsp3) is 0.318. The maximum atomic E-state index is 11.8. The van der Waals surface area contributed by atoms with Crippen molar-refractivity contribution in [1.29, 1.82) is 5.26 Å². The molecular weight excluding hydrogens is 378 g/mol. The Hall–Kier alpha value is -3.73. The Morgan fingerprint density at radius 1 is 1.33 bits per heavy atom. The van der Waals surface area contributed by atoms with E-state index in [1.54, 1.807) is 6.20 Å². The van der Waals surface area contributed by atoms with Gasteiger partial charge in [-0.15, -0.1) is 0 Å². The third kappa shape index (κ3) is 2.74. The molecule has 0 unspecified atom stereocenters. The molecule has 3 aromatic rings. The minimum absolute atomic E-state index is 0.0220. The first-order valence-corrected chi connectivity index (χ1v) is 9.89. The predicted octanol–water partition coefficient (Wildman–Crippen LogP) is 2.42. The number of aryl methyl sites for hydroxylation is 1. The van der Waals surface area contributed by atoms with Crippen molar-refractivity contribution < 1.29 is 4.79 Å². The van der Waals surface area contributed by atoms with Crippen LogP contribution in [0.25, 0.3) is 22.2 Å². The van der Waals surface area contributed by atoms with Crippen LogP contribution in [0.2, 0.25) is 0 Å². The number of hydrogen-bond donors (Lipinski definition) is 1. The molecule has 8 heteroatoms. The number of carbonyl (C=O) groups is 1. The summed E-state index contributed by atoms with van der Waals surface area (Å²) >= 11 is 0. The smallest absolute Gasteiger partial charge is 0.245 e. The zero-order valence-corrected chi connectivity index (χ0v) is 16.7. The summed E-state index contributed by atoms with van der Waals surface area (Å²) < 4.78 is 0. The third-order valence-electron chi connectivity index (χ3n) is 6.26. The molecule has 0 saturated carbocycles. The molecular formula is C22H21N7O. The van der Waals surface area contributed by atoms with Crippen LogP contribution in [0.1, 0.15) is 17.5 Å². The van der Waals surface area contributed by atoms with Crippen LogP contribution in [0.15, 0.2) is 37.3 Å². The number of nitriles is 1. The summed E-state index contributed by atoms with van der Waals surface area (Å²) in [6, 6.07) is 6.37. The highest BCUT2D eigenvalue weighted by Gasteiger charge is 2.49. The van der Waals surface area contributed by atoms with Crippen LogP contribution < -0.4 is 4.90 Å². The van der Waals surface area contributed by atoms with E-state index in [-0.39, 0.29) is 11.3 Å². The molecule has 0 atom stereocenters. The van der Waals surface area contributed by atoms with E-state index in [4.69, 9.17) is 0 Å². The molecule has 0 radical (unpaired) electrons. The molecule has 1 aromatic carbocycles. The van der Waals surface area contributed by atoms with Crippen molar-refractivity contribution in [2.75, 3.05) is 31.1 Å². The standard InChI is InChI=1S/C22H21N7O/c1-3-19(30)29-11-22(12-29)4-5-28(10-22)21-17(8-23)20(24-13-25-21)16-7-15-9-26-27-18(15)6-14(16)2/h3,6-7,9,13H,1,4-5,10-12H2,2H3,(H,26,27). The Balaban J connectivity index is 1.48. The van der Waals surface area contributed by atoms with Gasteiger partial charge in [0.25, 0.3) is 0 Å². The summed E-state index contributed by atoms with van der Waals surface area (Å²) in [7, 11) is 0. The summed E-state index contributed by atoms with van der Waals surface area (Å²) in [5, 5.41) is 18.0. The Labute approximate surface area is 173 Å². The van der Waals surface area contributed by atoms with Gasteiger partial charge in [-0.1, -0.05) is 6.58 Å². The van der Waals surface area contributed by atoms with E-state index >= 15 is 0 Å². The van der Waals surface area contributed by atoms with E-state index in [0.29, 0.717) is 17.1 Å². The Morgan fingerprint density at radius 2 is 2.17 bits per heavy atom. The number of hydrogen-bond acceptors (Lipinski definition) is 6. The molecule has 0 bridgehead atoms. The molecule has 30 heavy (non-hydrogen) atoms. The van der Waals surface area contributed by atoms with Crippen molar-refractivity contribution in [2.24, 2.45) is 5.41 Å². The molecule has 8 nitrogen and oxygen atoms in total. The molecule has 1 spiro atoms. The molecule has 5 rings (SSSR count). The van der Waals surface area contributed by atoms with E-state index in [9.17, 15) is 10.1 Å². The number of benzene rings is 1. The number of nitrogens with zero attached hydrogens (tertiary/aromatic N) is 6. The molecule has 2 aliphatic rings. The number of aromatic amines is 1. The van der Waals surface area contributed by atoms with Crippen molar-refractivity contribution in [3.63, 3.8) is 0 Å². The number of anilines is 1. The van der Waals surface area contributed by atoms with Gasteiger partial charge in [-0.3, -0.25) is 9.89 Å². The lowest BCUT2D eigenvalue weighted by atomic mass is 9.79. The van der Waals surface area contributed by atoms with Crippen LogP contribution in [0, 0.1) is 23.7 Å². The van der Waals surface area contributed by atoms with E-state index in [2.05, 4.69) is 37.7 Å². The second-order valence-electron chi connectivity index (χ2n) is 8.23. The van der Waals surface area contributed by atoms with Crippen LogP contribution in [0.4, 0.5) is 5.82 Å². The van der Waals surface area contributed by atoms with Crippen LogP contribution in [-0.4, -0.2) is 57.2 Å². The van der Waals surface area contributed by atoms with Crippen LogP contribution in [0.3, 0.4) is 0 Å². The topological polar surface area (TPSA) is 102 Å². The monoisotopic (exact) mass is 399 g/mol. The van der Waals surface area contributed by atoms with Gasteiger partial charge in [-0.2, -0.15) is 10.4 Å². The predicted molar refractivity (Wildman–Crippen MR) is 113 cm³/mol. The highest BCUT2D eigenvalue weighted by atomic mass is 16.2. The van der Waals surface area contributed by atoms with Gasteiger partial charge in [0.05, 0.1) is 17.4 Å². The van der Waals surface area contributed by atoms with E-state index in [1.165, 1.54) is 12.4 Å². The van der Waals surface area contributed by atoms with Crippen LogP contribution in [-0.2, 0) is 4.79 Å². The third-order valence-corrected chi connectivity index (χ3v) is 6.26. The summed E-state index contributed by atoms with van der Waals surface area (Å²) in [6.45, 7) is 8.60. The molecule has 1 N–H and O–H groups in total. The largest absolute Gasteiger partial charge is 0.355 e. The minimum atomic E-state index is -0.0220. The van der Waals surface area contributed by atoms with Gasteiger partial charge >= 0.3 is 0 Å². The zero-order valence-electron chi connectivity index (χ0n) is 16.7. The summed E-state index contributed by atoms with van der Waals surface area (Å²) in [6.07, 6.45) is 5.63.